The van der Waals surface area contributed by atoms with Crippen molar-refractivity contribution in [2.75, 3.05) is 18.0 Å². The highest BCUT2D eigenvalue weighted by atomic mass is 35.5. The van der Waals surface area contributed by atoms with Crippen LogP contribution in [-0.4, -0.2) is 37.0 Å². The van der Waals surface area contributed by atoms with E-state index in [1.807, 2.05) is 31.2 Å². The van der Waals surface area contributed by atoms with Crippen molar-refractivity contribution in [3.63, 3.8) is 0 Å². The molecule has 1 saturated heterocycles. The third-order valence-corrected chi connectivity index (χ3v) is 6.00. The minimum absolute atomic E-state index is 0.0387. The molecule has 3 rings (SSSR count). The zero-order valence-electron chi connectivity index (χ0n) is 17.8. The van der Waals surface area contributed by atoms with Crippen LogP contribution < -0.4 is 15.5 Å². The minimum Gasteiger partial charge on any atom is -0.371 e. The molecule has 6 heteroatoms. The summed E-state index contributed by atoms with van der Waals surface area (Å²) in [7, 11) is 0. The van der Waals surface area contributed by atoms with Crippen molar-refractivity contribution in [1.29, 1.82) is 0 Å². The maximum atomic E-state index is 12.8. The van der Waals surface area contributed by atoms with Crippen LogP contribution in [-0.2, 0) is 0 Å². The van der Waals surface area contributed by atoms with Crippen molar-refractivity contribution in [2.45, 2.75) is 45.7 Å². The lowest BCUT2D eigenvalue weighted by Crippen LogP contribution is -2.45. The zero-order valence-corrected chi connectivity index (χ0v) is 18.6. The van der Waals surface area contributed by atoms with E-state index in [0.717, 1.165) is 31.6 Å². The molecule has 2 N–H and O–H groups in total. The number of halogens is 1. The molecule has 1 unspecified atom stereocenters. The molecule has 1 heterocycles. The van der Waals surface area contributed by atoms with E-state index in [1.54, 1.807) is 24.3 Å². The first-order valence-electron chi connectivity index (χ1n) is 10.6. The molecule has 160 valence electrons. The molecule has 5 nitrogen and oxygen atoms in total. The van der Waals surface area contributed by atoms with E-state index >= 15 is 0 Å². The lowest BCUT2D eigenvalue weighted by atomic mass is 10.0. The third-order valence-electron chi connectivity index (χ3n) is 5.77. The van der Waals surface area contributed by atoms with Crippen LogP contribution in [0.3, 0.4) is 0 Å². The number of rotatable bonds is 6. The summed E-state index contributed by atoms with van der Waals surface area (Å²) >= 11 is 5.99. The maximum Gasteiger partial charge on any atom is 0.253 e. The summed E-state index contributed by atoms with van der Waals surface area (Å²) in [5.41, 5.74) is 2.23. The molecule has 2 aromatic carbocycles. The molecule has 30 heavy (non-hydrogen) atoms. The molecular formula is C24H30ClN3O2. The van der Waals surface area contributed by atoms with Gasteiger partial charge in [0, 0.05) is 41.4 Å². The van der Waals surface area contributed by atoms with Gasteiger partial charge in [0.2, 0.25) is 0 Å². The highest BCUT2D eigenvalue weighted by Gasteiger charge is 2.24. The van der Waals surface area contributed by atoms with Gasteiger partial charge in [0.05, 0.1) is 5.56 Å². The number of amides is 2. The standard InChI is InChI=1S/C24H30ClN3O2/c1-16(2)17(3)26-24(30)21-9-4-5-10-22(21)28-13-11-20(12-14-28)27-23(29)18-7-6-8-19(25)15-18/h4-10,15-17,20H,11-14H2,1-3H3,(H,26,30)(H,27,29). The quantitative estimate of drug-likeness (QED) is 0.712. The monoisotopic (exact) mass is 427 g/mol. The Labute approximate surface area is 183 Å². The van der Waals surface area contributed by atoms with Gasteiger partial charge in [-0.1, -0.05) is 43.6 Å². The summed E-state index contributed by atoms with van der Waals surface area (Å²) in [5.74, 6) is 0.238. The molecule has 0 aromatic heterocycles. The molecule has 1 aliphatic rings. The van der Waals surface area contributed by atoms with E-state index in [2.05, 4.69) is 29.4 Å². The lowest BCUT2D eigenvalue weighted by molar-refractivity contribution is 0.0925. The molecule has 2 aromatic rings. The van der Waals surface area contributed by atoms with Gasteiger partial charge in [-0.05, 0) is 56.0 Å². The molecule has 0 aliphatic carbocycles. The average Bonchev–Trinajstić information content (AvgIpc) is 2.74. The molecule has 0 bridgehead atoms. The van der Waals surface area contributed by atoms with E-state index in [1.165, 1.54) is 0 Å². The second-order valence-electron chi connectivity index (χ2n) is 8.27. The number of nitrogens with zero attached hydrogens (tertiary/aromatic N) is 1. The highest BCUT2D eigenvalue weighted by molar-refractivity contribution is 6.30. The van der Waals surface area contributed by atoms with Crippen LogP contribution in [0.4, 0.5) is 5.69 Å². The number of nitrogens with one attached hydrogen (secondary N) is 2. The summed E-state index contributed by atoms with van der Waals surface area (Å²) in [5, 5.41) is 6.76. The molecule has 1 aliphatic heterocycles. The largest absolute Gasteiger partial charge is 0.371 e. The Morgan fingerprint density at radius 3 is 2.37 bits per heavy atom. The number of hydrogen-bond acceptors (Lipinski definition) is 3. The third kappa shape index (κ3) is 5.54. The van der Waals surface area contributed by atoms with E-state index in [4.69, 9.17) is 11.6 Å². The second kappa shape index (κ2) is 9.98. The number of hydrogen-bond donors (Lipinski definition) is 2. The predicted octanol–water partition coefficient (Wildman–Crippen LogP) is 4.51. The van der Waals surface area contributed by atoms with Gasteiger partial charge in [-0.15, -0.1) is 0 Å². The SMILES string of the molecule is CC(C)C(C)NC(=O)c1ccccc1N1CCC(NC(=O)c2cccc(Cl)c2)CC1. The Morgan fingerprint density at radius 2 is 1.70 bits per heavy atom. The summed E-state index contributed by atoms with van der Waals surface area (Å²) in [6.07, 6.45) is 1.65. The van der Waals surface area contributed by atoms with Crippen LogP contribution in [0.5, 0.6) is 0 Å². The van der Waals surface area contributed by atoms with Crippen molar-refractivity contribution in [2.24, 2.45) is 5.92 Å². The van der Waals surface area contributed by atoms with Crippen LogP contribution in [0.15, 0.2) is 48.5 Å². The van der Waals surface area contributed by atoms with Crippen LogP contribution in [0.2, 0.25) is 5.02 Å². The Morgan fingerprint density at radius 1 is 1.00 bits per heavy atom. The highest BCUT2D eigenvalue weighted by Crippen LogP contribution is 2.25. The van der Waals surface area contributed by atoms with Crippen molar-refractivity contribution in [3.8, 4) is 0 Å². The van der Waals surface area contributed by atoms with E-state index < -0.39 is 0 Å². The molecule has 2 amide bonds. The predicted molar refractivity (Wildman–Crippen MR) is 122 cm³/mol. The number of para-hydroxylation sites is 1. The smallest absolute Gasteiger partial charge is 0.253 e. The fraction of sp³-hybridized carbons (Fsp3) is 0.417. The fourth-order valence-corrected chi connectivity index (χ4v) is 3.75. The summed E-state index contributed by atoms with van der Waals surface area (Å²) in [4.78, 5) is 27.5. The average molecular weight is 428 g/mol. The fourth-order valence-electron chi connectivity index (χ4n) is 3.56. The lowest BCUT2D eigenvalue weighted by Gasteiger charge is -2.35. The summed E-state index contributed by atoms with van der Waals surface area (Å²) < 4.78 is 0. The Kier molecular flexibility index (Phi) is 7.38. The van der Waals surface area contributed by atoms with Gasteiger partial charge in [-0.2, -0.15) is 0 Å². The first-order chi connectivity index (χ1) is 14.3. The van der Waals surface area contributed by atoms with Gasteiger partial charge in [0.15, 0.2) is 0 Å². The van der Waals surface area contributed by atoms with Gasteiger partial charge >= 0.3 is 0 Å². The Hall–Kier alpha value is -2.53. The number of anilines is 1. The van der Waals surface area contributed by atoms with E-state index in [-0.39, 0.29) is 23.9 Å². The van der Waals surface area contributed by atoms with Crippen LogP contribution in [0.1, 0.15) is 54.3 Å². The van der Waals surface area contributed by atoms with Gasteiger partial charge in [0.25, 0.3) is 11.8 Å². The number of piperidine rings is 1. The zero-order chi connectivity index (χ0) is 21.7. The van der Waals surface area contributed by atoms with Crippen molar-refractivity contribution in [1.82, 2.24) is 10.6 Å². The summed E-state index contributed by atoms with van der Waals surface area (Å²) in [6, 6.07) is 14.9. The minimum atomic E-state index is -0.0987. The first-order valence-corrected chi connectivity index (χ1v) is 10.9. The molecule has 0 spiro atoms. The van der Waals surface area contributed by atoms with Crippen LogP contribution >= 0.6 is 11.6 Å². The summed E-state index contributed by atoms with van der Waals surface area (Å²) in [6.45, 7) is 7.78. The number of carbonyl (C=O) groups excluding carboxylic acids is 2. The van der Waals surface area contributed by atoms with E-state index in [0.29, 0.717) is 22.1 Å². The Balaban J connectivity index is 1.61. The molecule has 0 saturated carbocycles. The first kappa shape index (κ1) is 22.2. The molecule has 0 radical (unpaired) electrons. The van der Waals surface area contributed by atoms with Crippen molar-refractivity contribution >= 4 is 29.1 Å². The molecule has 1 atom stereocenters. The van der Waals surface area contributed by atoms with Gasteiger partial charge < -0.3 is 15.5 Å². The Bertz CT molecular complexity index is 892. The van der Waals surface area contributed by atoms with Crippen LogP contribution in [0.25, 0.3) is 0 Å². The number of carbonyl (C=O) groups is 2. The van der Waals surface area contributed by atoms with Gasteiger partial charge in [0.1, 0.15) is 0 Å². The van der Waals surface area contributed by atoms with Crippen molar-refractivity contribution in [3.05, 3.63) is 64.7 Å². The molecule has 1 fully saturated rings. The van der Waals surface area contributed by atoms with Gasteiger partial charge in [-0.3, -0.25) is 9.59 Å². The maximum absolute atomic E-state index is 12.8. The normalized spacial score (nSPS) is 15.7. The van der Waals surface area contributed by atoms with Crippen LogP contribution in [0, 0.1) is 5.92 Å². The molecular weight excluding hydrogens is 398 g/mol. The van der Waals surface area contributed by atoms with Gasteiger partial charge in [-0.25, -0.2) is 0 Å². The second-order valence-corrected chi connectivity index (χ2v) is 8.70. The van der Waals surface area contributed by atoms with Crippen molar-refractivity contribution < 1.29 is 9.59 Å². The topological polar surface area (TPSA) is 61.4 Å². The number of benzene rings is 2. The van der Waals surface area contributed by atoms with E-state index in [9.17, 15) is 9.59 Å².